The van der Waals surface area contributed by atoms with Crippen LogP contribution in [-0.2, 0) is 0 Å². The van der Waals surface area contributed by atoms with Crippen LogP contribution >= 0.6 is 22.9 Å². The first-order chi connectivity index (χ1) is 7.20. The molecule has 0 spiro atoms. The Morgan fingerprint density at radius 1 is 1.67 bits per heavy atom. The highest BCUT2D eigenvalue weighted by atomic mass is 35.5. The van der Waals surface area contributed by atoms with Crippen molar-refractivity contribution < 1.29 is 5.11 Å². The number of hydrogen-bond donors (Lipinski definition) is 2. The molecule has 2 rings (SSSR count). The molecule has 0 radical (unpaired) electrons. The van der Waals surface area contributed by atoms with Crippen LogP contribution in [0.1, 0.15) is 17.3 Å². The maximum Gasteiger partial charge on any atom is 0.0931 e. The Labute approximate surface area is 98.5 Å². The second kappa shape index (κ2) is 4.80. The average Bonchev–Trinajstić information content (AvgIpc) is 2.78. The molecular formula is C10H15ClN2OS. The van der Waals surface area contributed by atoms with Gasteiger partial charge in [0.25, 0.3) is 0 Å². The van der Waals surface area contributed by atoms with Gasteiger partial charge in [-0.1, -0.05) is 11.6 Å². The van der Waals surface area contributed by atoms with Crippen LogP contribution in [0.15, 0.2) is 12.1 Å². The van der Waals surface area contributed by atoms with Crippen molar-refractivity contribution in [2.45, 2.75) is 18.6 Å². The zero-order valence-corrected chi connectivity index (χ0v) is 9.97. The molecule has 1 aromatic rings. The Hall–Kier alpha value is -0.130. The van der Waals surface area contributed by atoms with Gasteiger partial charge < -0.3 is 10.8 Å². The van der Waals surface area contributed by atoms with Crippen molar-refractivity contribution in [3.63, 3.8) is 0 Å². The van der Waals surface area contributed by atoms with Crippen LogP contribution in [0, 0.1) is 0 Å². The predicted octanol–water partition coefficient (Wildman–Crippen LogP) is 1.47. The number of thiophene rings is 1. The number of β-amino-alcohol motifs (C(OH)–C–C–N with tert-alkyl or cyclic N) is 1. The fourth-order valence-electron chi connectivity index (χ4n) is 2.00. The van der Waals surface area contributed by atoms with E-state index in [1.807, 2.05) is 12.1 Å². The zero-order chi connectivity index (χ0) is 10.8. The lowest BCUT2D eigenvalue weighted by atomic mass is 10.2. The summed E-state index contributed by atoms with van der Waals surface area (Å²) in [6.45, 7) is 2.21. The molecule has 2 atom stereocenters. The predicted molar refractivity (Wildman–Crippen MR) is 63.3 cm³/mol. The number of aliphatic hydroxyl groups is 1. The topological polar surface area (TPSA) is 49.5 Å². The lowest BCUT2D eigenvalue weighted by Gasteiger charge is -2.25. The zero-order valence-electron chi connectivity index (χ0n) is 8.40. The third-order valence-electron chi connectivity index (χ3n) is 2.78. The van der Waals surface area contributed by atoms with Crippen LogP contribution in [0.25, 0.3) is 0 Å². The molecule has 3 N–H and O–H groups in total. The first-order valence-corrected chi connectivity index (χ1v) is 6.27. The van der Waals surface area contributed by atoms with Gasteiger partial charge in [0.05, 0.1) is 16.5 Å². The first-order valence-electron chi connectivity index (χ1n) is 5.08. The standard InChI is InChI=1S/C10H15ClN2OS/c11-10-2-1-9(15-10)8(5-12)13-4-3-7(14)6-13/h1-2,7-8,14H,3-6,12H2. The van der Waals surface area contributed by atoms with E-state index in [1.54, 1.807) is 11.3 Å². The molecule has 2 heterocycles. The number of aliphatic hydroxyl groups excluding tert-OH is 1. The third kappa shape index (κ3) is 2.52. The Morgan fingerprint density at radius 3 is 2.93 bits per heavy atom. The fourth-order valence-corrected chi connectivity index (χ4v) is 3.21. The van der Waals surface area contributed by atoms with E-state index in [1.165, 1.54) is 4.88 Å². The maximum absolute atomic E-state index is 9.49. The van der Waals surface area contributed by atoms with Gasteiger partial charge >= 0.3 is 0 Å². The lowest BCUT2D eigenvalue weighted by Crippen LogP contribution is -2.32. The minimum Gasteiger partial charge on any atom is -0.392 e. The van der Waals surface area contributed by atoms with Gasteiger partial charge in [-0.2, -0.15) is 0 Å². The van der Waals surface area contributed by atoms with Crippen molar-refractivity contribution in [3.05, 3.63) is 21.3 Å². The summed E-state index contributed by atoms with van der Waals surface area (Å²) in [5, 5.41) is 9.49. The highest BCUT2D eigenvalue weighted by molar-refractivity contribution is 7.16. The van der Waals surface area contributed by atoms with E-state index in [-0.39, 0.29) is 12.1 Å². The van der Waals surface area contributed by atoms with Crippen LogP contribution in [0.4, 0.5) is 0 Å². The van der Waals surface area contributed by atoms with Crippen molar-refractivity contribution in [3.8, 4) is 0 Å². The molecule has 0 bridgehead atoms. The molecule has 84 valence electrons. The van der Waals surface area contributed by atoms with Crippen LogP contribution in [-0.4, -0.2) is 35.7 Å². The minimum absolute atomic E-state index is 0.200. The number of likely N-dealkylation sites (tertiary alicyclic amines) is 1. The molecule has 5 heteroatoms. The van der Waals surface area contributed by atoms with E-state index in [4.69, 9.17) is 17.3 Å². The average molecular weight is 247 g/mol. The first kappa shape index (κ1) is 11.4. The molecule has 0 amide bonds. The highest BCUT2D eigenvalue weighted by Crippen LogP contribution is 2.31. The monoisotopic (exact) mass is 246 g/mol. The highest BCUT2D eigenvalue weighted by Gasteiger charge is 2.27. The lowest BCUT2D eigenvalue weighted by molar-refractivity contribution is 0.161. The molecular weight excluding hydrogens is 232 g/mol. The maximum atomic E-state index is 9.49. The molecule has 1 aromatic heterocycles. The number of halogens is 1. The molecule has 3 nitrogen and oxygen atoms in total. The summed E-state index contributed by atoms with van der Waals surface area (Å²) in [5.41, 5.74) is 5.78. The van der Waals surface area contributed by atoms with E-state index < -0.39 is 0 Å². The molecule has 0 aliphatic carbocycles. The van der Waals surface area contributed by atoms with Crippen LogP contribution in [0.5, 0.6) is 0 Å². The van der Waals surface area contributed by atoms with Gasteiger partial charge in [0.1, 0.15) is 0 Å². The smallest absolute Gasteiger partial charge is 0.0931 e. The largest absolute Gasteiger partial charge is 0.392 e. The number of nitrogens with zero attached hydrogens (tertiary/aromatic N) is 1. The van der Waals surface area contributed by atoms with Crippen LogP contribution in [0.3, 0.4) is 0 Å². The summed E-state index contributed by atoms with van der Waals surface area (Å²) in [5.74, 6) is 0. The van der Waals surface area contributed by atoms with Gasteiger partial charge in [0.2, 0.25) is 0 Å². The molecule has 1 aliphatic heterocycles. The summed E-state index contributed by atoms with van der Waals surface area (Å²) >= 11 is 7.48. The molecule has 2 unspecified atom stereocenters. The summed E-state index contributed by atoms with van der Waals surface area (Å²) < 4.78 is 0.795. The van der Waals surface area contributed by atoms with Crippen molar-refractivity contribution in [2.75, 3.05) is 19.6 Å². The second-order valence-corrected chi connectivity index (χ2v) is 5.58. The summed E-state index contributed by atoms with van der Waals surface area (Å²) in [4.78, 5) is 3.42. The molecule has 1 fully saturated rings. The SMILES string of the molecule is NCC(c1ccc(Cl)s1)N1CCC(O)C1. The Morgan fingerprint density at radius 2 is 2.47 bits per heavy atom. The van der Waals surface area contributed by atoms with Crippen molar-refractivity contribution >= 4 is 22.9 Å². The molecule has 15 heavy (non-hydrogen) atoms. The van der Waals surface area contributed by atoms with Crippen molar-refractivity contribution in [2.24, 2.45) is 5.73 Å². The third-order valence-corrected chi connectivity index (χ3v) is 4.11. The molecule has 0 saturated carbocycles. The summed E-state index contributed by atoms with van der Waals surface area (Å²) in [7, 11) is 0. The Kier molecular flexibility index (Phi) is 3.64. The van der Waals surface area contributed by atoms with Crippen LogP contribution in [0.2, 0.25) is 4.34 Å². The molecule has 1 aliphatic rings. The van der Waals surface area contributed by atoms with Crippen molar-refractivity contribution in [1.82, 2.24) is 4.90 Å². The van der Waals surface area contributed by atoms with E-state index in [0.717, 1.165) is 23.8 Å². The number of rotatable bonds is 3. The Balaban J connectivity index is 2.10. The molecule has 1 saturated heterocycles. The summed E-state index contributed by atoms with van der Waals surface area (Å²) in [6.07, 6.45) is 0.643. The van der Waals surface area contributed by atoms with E-state index in [0.29, 0.717) is 6.54 Å². The Bertz CT molecular complexity index is 331. The fraction of sp³-hybridized carbons (Fsp3) is 0.600. The van der Waals surface area contributed by atoms with Gasteiger partial charge in [-0.15, -0.1) is 11.3 Å². The second-order valence-electron chi connectivity index (χ2n) is 3.83. The van der Waals surface area contributed by atoms with E-state index >= 15 is 0 Å². The normalized spacial score (nSPS) is 24.6. The number of hydrogen-bond acceptors (Lipinski definition) is 4. The van der Waals surface area contributed by atoms with Crippen molar-refractivity contribution in [1.29, 1.82) is 0 Å². The van der Waals surface area contributed by atoms with Gasteiger partial charge in [-0.05, 0) is 18.6 Å². The van der Waals surface area contributed by atoms with Gasteiger partial charge in [-0.25, -0.2) is 0 Å². The van der Waals surface area contributed by atoms with Gasteiger partial charge in [0.15, 0.2) is 0 Å². The number of nitrogens with two attached hydrogens (primary N) is 1. The van der Waals surface area contributed by atoms with E-state index in [2.05, 4.69) is 4.90 Å². The van der Waals surface area contributed by atoms with E-state index in [9.17, 15) is 5.11 Å². The quantitative estimate of drug-likeness (QED) is 0.849. The van der Waals surface area contributed by atoms with Gasteiger partial charge in [-0.3, -0.25) is 4.90 Å². The molecule has 0 aromatic carbocycles. The minimum atomic E-state index is -0.200. The van der Waals surface area contributed by atoms with Gasteiger partial charge in [0, 0.05) is 24.5 Å². The summed E-state index contributed by atoms with van der Waals surface area (Å²) in [6, 6.07) is 4.13. The van der Waals surface area contributed by atoms with Crippen LogP contribution < -0.4 is 5.73 Å².